The molecule has 0 radical (unpaired) electrons. The van der Waals surface area contributed by atoms with Gasteiger partial charge in [0.1, 0.15) is 0 Å². The van der Waals surface area contributed by atoms with Gasteiger partial charge >= 0.3 is 5.97 Å². The number of hydrogen-bond acceptors (Lipinski definition) is 5. The summed E-state index contributed by atoms with van der Waals surface area (Å²) in [4.78, 5) is 19.9. The summed E-state index contributed by atoms with van der Waals surface area (Å²) in [6, 6.07) is 1.73. The van der Waals surface area contributed by atoms with Gasteiger partial charge in [0.05, 0.1) is 11.3 Å². The lowest BCUT2D eigenvalue weighted by Crippen LogP contribution is -2.07. The Bertz CT molecular complexity index is 553. The summed E-state index contributed by atoms with van der Waals surface area (Å²) in [6.07, 6.45) is 0. The Morgan fingerprint density at radius 1 is 1.56 bits per heavy atom. The van der Waals surface area contributed by atoms with Crippen LogP contribution in [0.2, 0.25) is 0 Å². The largest absolute Gasteiger partial charge is 0.461 e. The zero-order valence-corrected chi connectivity index (χ0v) is 11.2. The minimum Gasteiger partial charge on any atom is -0.461 e. The molecule has 4 nitrogen and oxygen atoms in total. The van der Waals surface area contributed by atoms with Crippen molar-refractivity contribution in [1.29, 1.82) is 0 Å². The number of thiazole rings is 1. The Morgan fingerprint density at radius 2 is 2.31 bits per heavy atom. The maximum absolute atomic E-state index is 11.5. The SMILES string of the molecule is CCOC(=O)c1cc(C)c2sc(Br)nc2n1. The molecule has 84 valence electrons. The first-order chi connectivity index (χ1) is 7.61. The van der Waals surface area contributed by atoms with Gasteiger partial charge in [-0.25, -0.2) is 14.8 Å². The van der Waals surface area contributed by atoms with Crippen molar-refractivity contribution < 1.29 is 9.53 Å². The second kappa shape index (κ2) is 4.47. The van der Waals surface area contributed by atoms with Crippen LogP contribution in [0.15, 0.2) is 9.98 Å². The van der Waals surface area contributed by atoms with Crippen LogP contribution in [0, 0.1) is 6.92 Å². The second-order valence-corrected chi connectivity index (χ2v) is 5.44. The first-order valence-electron chi connectivity index (χ1n) is 4.72. The van der Waals surface area contributed by atoms with Crippen LogP contribution in [0.3, 0.4) is 0 Å². The van der Waals surface area contributed by atoms with E-state index in [0.29, 0.717) is 17.9 Å². The lowest BCUT2D eigenvalue weighted by Gasteiger charge is -2.01. The second-order valence-electron chi connectivity index (χ2n) is 3.16. The number of fused-ring (bicyclic) bond motifs is 1. The highest BCUT2D eigenvalue weighted by Gasteiger charge is 2.13. The summed E-state index contributed by atoms with van der Waals surface area (Å²) in [5.74, 6) is -0.406. The molecule has 0 unspecified atom stereocenters. The van der Waals surface area contributed by atoms with Crippen LogP contribution in [0.1, 0.15) is 23.0 Å². The molecule has 0 fully saturated rings. The van der Waals surface area contributed by atoms with E-state index in [9.17, 15) is 4.79 Å². The fourth-order valence-electron chi connectivity index (χ4n) is 1.35. The van der Waals surface area contributed by atoms with Crippen molar-refractivity contribution in [3.63, 3.8) is 0 Å². The number of hydrogen-bond donors (Lipinski definition) is 0. The van der Waals surface area contributed by atoms with E-state index in [0.717, 1.165) is 14.2 Å². The molecule has 0 atom stereocenters. The predicted octanol–water partition coefficient (Wildman–Crippen LogP) is 2.94. The minimum atomic E-state index is -0.406. The van der Waals surface area contributed by atoms with Crippen molar-refractivity contribution in [2.45, 2.75) is 13.8 Å². The third kappa shape index (κ3) is 2.08. The van der Waals surface area contributed by atoms with Crippen molar-refractivity contribution >= 4 is 43.6 Å². The first kappa shape index (κ1) is 11.5. The maximum Gasteiger partial charge on any atom is 0.357 e. The van der Waals surface area contributed by atoms with Crippen molar-refractivity contribution in [2.24, 2.45) is 0 Å². The van der Waals surface area contributed by atoms with Gasteiger partial charge in [-0.15, -0.1) is 11.3 Å². The molecular weight excluding hydrogens is 292 g/mol. The van der Waals surface area contributed by atoms with Crippen molar-refractivity contribution in [3.8, 4) is 0 Å². The minimum absolute atomic E-state index is 0.310. The van der Waals surface area contributed by atoms with E-state index in [4.69, 9.17) is 4.74 Å². The zero-order chi connectivity index (χ0) is 11.7. The predicted molar refractivity (Wildman–Crippen MR) is 65.8 cm³/mol. The summed E-state index contributed by atoms with van der Waals surface area (Å²) >= 11 is 4.81. The standard InChI is InChI=1S/C10H9BrN2O2S/c1-3-15-9(14)6-4-5(2)7-8(12-6)13-10(11)16-7/h4H,3H2,1-2H3. The Morgan fingerprint density at radius 3 is 3.00 bits per heavy atom. The summed E-state index contributed by atoms with van der Waals surface area (Å²) in [5.41, 5.74) is 1.88. The first-order valence-corrected chi connectivity index (χ1v) is 6.33. The number of aryl methyl sites for hydroxylation is 1. The molecule has 0 aliphatic rings. The highest BCUT2D eigenvalue weighted by atomic mass is 79.9. The van der Waals surface area contributed by atoms with Gasteiger partial charge in [-0.05, 0) is 41.4 Å². The van der Waals surface area contributed by atoms with Gasteiger partial charge in [-0.1, -0.05) is 0 Å². The molecule has 0 aliphatic carbocycles. The van der Waals surface area contributed by atoms with Crippen molar-refractivity contribution in [3.05, 3.63) is 21.2 Å². The fraction of sp³-hybridized carbons (Fsp3) is 0.300. The van der Waals surface area contributed by atoms with Crippen molar-refractivity contribution in [2.75, 3.05) is 6.61 Å². The van der Waals surface area contributed by atoms with E-state index in [2.05, 4.69) is 25.9 Å². The Balaban J connectivity index is 2.53. The number of esters is 1. The number of aromatic nitrogens is 2. The molecule has 0 amide bonds. The van der Waals surface area contributed by atoms with Crippen LogP contribution in [0.4, 0.5) is 0 Å². The van der Waals surface area contributed by atoms with Crippen molar-refractivity contribution in [1.82, 2.24) is 9.97 Å². The molecule has 2 rings (SSSR count). The van der Waals surface area contributed by atoms with Gasteiger partial charge in [0.25, 0.3) is 0 Å². The molecule has 2 aromatic rings. The summed E-state index contributed by atoms with van der Waals surface area (Å²) in [6.45, 7) is 4.04. The third-order valence-corrected chi connectivity index (χ3v) is 3.64. The Hall–Kier alpha value is -1.01. The number of rotatable bonds is 2. The van der Waals surface area contributed by atoms with Gasteiger partial charge < -0.3 is 4.74 Å². The van der Waals surface area contributed by atoms with E-state index < -0.39 is 5.97 Å². The summed E-state index contributed by atoms with van der Waals surface area (Å²) in [5, 5.41) is 0. The Labute approximate surface area is 105 Å². The number of carbonyl (C=O) groups is 1. The third-order valence-electron chi connectivity index (χ3n) is 2.01. The van der Waals surface area contributed by atoms with E-state index in [1.807, 2.05) is 6.92 Å². The fourth-order valence-corrected chi connectivity index (χ4v) is 2.70. The van der Waals surface area contributed by atoms with Crippen LogP contribution < -0.4 is 0 Å². The average Bonchev–Trinajstić information content (AvgIpc) is 2.59. The molecule has 2 heterocycles. The summed E-state index contributed by atoms with van der Waals surface area (Å²) < 4.78 is 6.65. The van der Waals surface area contributed by atoms with Gasteiger partial charge in [0.2, 0.25) is 0 Å². The van der Waals surface area contributed by atoms with E-state index in [1.165, 1.54) is 11.3 Å². The molecule has 0 N–H and O–H groups in total. The number of carbonyl (C=O) groups excluding carboxylic acids is 1. The molecule has 0 bridgehead atoms. The van der Waals surface area contributed by atoms with Crippen LogP contribution in [0.5, 0.6) is 0 Å². The monoisotopic (exact) mass is 300 g/mol. The molecule has 0 aromatic carbocycles. The molecule has 6 heteroatoms. The number of halogens is 1. The molecule has 16 heavy (non-hydrogen) atoms. The topological polar surface area (TPSA) is 52.1 Å². The number of nitrogens with zero attached hydrogens (tertiary/aromatic N) is 2. The molecule has 0 saturated heterocycles. The number of pyridine rings is 1. The molecule has 0 spiro atoms. The molecule has 2 aromatic heterocycles. The van der Waals surface area contributed by atoms with Crippen LogP contribution >= 0.6 is 27.3 Å². The highest BCUT2D eigenvalue weighted by molar-refractivity contribution is 9.11. The quantitative estimate of drug-likeness (QED) is 0.800. The van der Waals surface area contributed by atoms with Gasteiger partial charge in [-0.2, -0.15) is 0 Å². The van der Waals surface area contributed by atoms with Gasteiger partial charge in [0.15, 0.2) is 15.3 Å². The zero-order valence-electron chi connectivity index (χ0n) is 8.78. The molecular formula is C10H9BrN2O2S. The van der Waals surface area contributed by atoms with Crippen LogP contribution in [-0.4, -0.2) is 22.5 Å². The van der Waals surface area contributed by atoms with Gasteiger partial charge in [-0.3, -0.25) is 0 Å². The molecule has 0 saturated carbocycles. The van der Waals surface area contributed by atoms with E-state index in [1.54, 1.807) is 13.0 Å². The highest BCUT2D eigenvalue weighted by Crippen LogP contribution is 2.28. The smallest absolute Gasteiger partial charge is 0.357 e. The van der Waals surface area contributed by atoms with E-state index >= 15 is 0 Å². The van der Waals surface area contributed by atoms with Crippen LogP contribution in [-0.2, 0) is 4.74 Å². The lowest BCUT2D eigenvalue weighted by atomic mass is 10.2. The summed E-state index contributed by atoms with van der Waals surface area (Å²) in [7, 11) is 0. The lowest BCUT2D eigenvalue weighted by molar-refractivity contribution is 0.0520. The average molecular weight is 301 g/mol. The maximum atomic E-state index is 11.5. The van der Waals surface area contributed by atoms with Crippen LogP contribution in [0.25, 0.3) is 10.3 Å². The van der Waals surface area contributed by atoms with E-state index in [-0.39, 0.29) is 0 Å². The van der Waals surface area contributed by atoms with Gasteiger partial charge in [0, 0.05) is 0 Å². The normalized spacial score (nSPS) is 10.7. The number of ether oxygens (including phenoxy) is 1. The molecule has 0 aliphatic heterocycles. The Kier molecular flexibility index (Phi) is 3.20.